The lowest BCUT2D eigenvalue weighted by Crippen LogP contribution is -2.17. The molecule has 0 bridgehead atoms. The number of benzene rings is 2. The third-order valence-electron chi connectivity index (χ3n) is 4.54. The largest absolute Gasteiger partial charge is 0.372 e. The Kier molecular flexibility index (Phi) is 4.03. The van der Waals surface area contributed by atoms with Gasteiger partial charge in [0.25, 0.3) is 0 Å². The maximum absolute atomic E-state index is 5.41. The first kappa shape index (κ1) is 14.9. The second kappa shape index (κ2) is 6.48. The summed E-state index contributed by atoms with van der Waals surface area (Å²) in [6.07, 6.45) is 3.24. The zero-order valence-electron chi connectivity index (χ0n) is 13.9. The molecule has 0 saturated carbocycles. The minimum Gasteiger partial charge on any atom is -0.372 e. The normalized spacial score (nSPS) is 14.3. The van der Waals surface area contributed by atoms with Gasteiger partial charge in [0.05, 0.1) is 6.42 Å². The second-order valence-electron chi connectivity index (χ2n) is 6.42. The van der Waals surface area contributed by atoms with E-state index in [0.29, 0.717) is 18.1 Å². The van der Waals surface area contributed by atoms with Crippen LogP contribution in [0.25, 0.3) is 11.4 Å². The van der Waals surface area contributed by atoms with Crippen molar-refractivity contribution < 1.29 is 4.52 Å². The highest BCUT2D eigenvalue weighted by Gasteiger charge is 2.13. The fraction of sp³-hybridized carbons (Fsp3) is 0.300. The van der Waals surface area contributed by atoms with Gasteiger partial charge in [-0.3, -0.25) is 0 Å². The molecule has 4 nitrogen and oxygen atoms in total. The molecule has 1 aromatic heterocycles. The number of nitrogens with zero attached hydrogens (tertiary/aromatic N) is 3. The van der Waals surface area contributed by atoms with Crippen LogP contribution in [0.2, 0.25) is 0 Å². The Morgan fingerprint density at radius 1 is 0.958 bits per heavy atom. The highest BCUT2D eigenvalue weighted by molar-refractivity contribution is 5.60. The van der Waals surface area contributed by atoms with Gasteiger partial charge in [-0.05, 0) is 49.6 Å². The fourth-order valence-corrected chi connectivity index (χ4v) is 3.12. The van der Waals surface area contributed by atoms with Gasteiger partial charge in [0.1, 0.15) is 0 Å². The van der Waals surface area contributed by atoms with E-state index in [4.69, 9.17) is 4.52 Å². The topological polar surface area (TPSA) is 42.2 Å². The smallest absolute Gasteiger partial charge is 0.231 e. The molecule has 24 heavy (non-hydrogen) atoms. The van der Waals surface area contributed by atoms with E-state index in [0.717, 1.165) is 18.7 Å². The molecule has 1 saturated heterocycles. The molecular formula is C20H21N3O. The van der Waals surface area contributed by atoms with Crippen LogP contribution in [0.1, 0.15) is 29.9 Å². The molecular weight excluding hydrogens is 298 g/mol. The highest BCUT2D eigenvalue weighted by atomic mass is 16.5. The Hall–Kier alpha value is -2.62. The van der Waals surface area contributed by atoms with E-state index in [1.54, 1.807) is 0 Å². The molecule has 0 N–H and O–H groups in total. The lowest BCUT2D eigenvalue weighted by atomic mass is 10.1. The van der Waals surface area contributed by atoms with E-state index in [1.165, 1.54) is 29.7 Å². The molecule has 122 valence electrons. The van der Waals surface area contributed by atoms with E-state index in [1.807, 2.05) is 0 Å². The van der Waals surface area contributed by atoms with Crippen molar-refractivity contribution in [2.75, 3.05) is 18.0 Å². The number of anilines is 1. The zero-order chi connectivity index (χ0) is 16.4. The minimum absolute atomic E-state index is 0.650. The van der Waals surface area contributed by atoms with E-state index < -0.39 is 0 Å². The van der Waals surface area contributed by atoms with Crippen molar-refractivity contribution in [2.45, 2.75) is 26.2 Å². The Balaban J connectivity index is 1.48. The fourth-order valence-electron chi connectivity index (χ4n) is 3.12. The molecule has 4 rings (SSSR count). The van der Waals surface area contributed by atoms with Gasteiger partial charge in [-0.2, -0.15) is 4.98 Å². The van der Waals surface area contributed by atoms with Gasteiger partial charge in [0.15, 0.2) is 0 Å². The average Bonchev–Trinajstić information content (AvgIpc) is 3.29. The van der Waals surface area contributed by atoms with Crippen molar-refractivity contribution in [1.29, 1.82) is 0 Å². The Bertz CT molecular complexity index is 800. The molecule has 4 heteroatoms. The van der Waals surface area contributed by atoms with Crippen LogP contribution in [-0.4, -0.2) is 23.2 Å². The van der Waals surface area contributed by atoms with Crippen LogP contribution >= 0.6 is 0 Å². The van der Waals surface area contributed by atoms with Gasteiger partial charge in [-0.25, -0.2) is 0 Å². The van der Waals surface area contributed by atoms with E-state index >= 15 is 0 Å². The third kappa shape index (κ3) is 3.18. The van der Waals surface area contributed by atoms with Crippen molar-refractivity contribution >= 4 is 5.69 Å². The first-order chi connectivity index (χ1) is 11.8. The molecule has 0 amide bonds. The summed E-state index contributed by atoms with van der Waals surface area (Å²) in [5.41, 5.74) is 4.71. The van der Waals surface area contributed by atoms with Crippen LogP contribution in [0, 0.1) is 6.92 Å². The lowest BCUT2D eigenvalue weighted by molar-refractivity contribution is 0.385. The number of aryl methyl sites for hydroxylation is 1. The Labute approximate surface area is 142 Å². The van der Waals surface area contributed by atoms with Crippen molar-refractivity contribution in [3.05, 3.63) is 65.5 Å². The molecule has 0 atom stereocenters. The van der Waals surface area contributed by atoms with Crippen LogP contribution < -0.4 is 4.90 Å². The molecule has 3 aromatic rings. The summed E-state index contributed by atoms with van der Waals surface area (Å²) in [4.78, 5) is 6.95. The zero-order valence-corrected chi connectivity index (χ0v) is 13.9. The summed E-state index contributed by atoms with van der Waals surface area (Å²) < 4.78 is 5.41. The Morgan fingerprint density at radius 3 is 2.38 bits per heavy atom. The molecule has 1 fully saturated rings. The number of hydrogen-bond donors (Lipinski definition) is 0. The van der Waals surface area contributed by atoms with Crippen LogP contribution in [0.4, 0.5) is 5.69 Å². The SMILES string of the molecule is Cc1ccc(Cc2nc(-c3ccc(N4CCCC4)cc3)no2)cc1. The average molecular weight is 319 g/mol. The van der Waals surface area contributed by atoms with Crippen molar-refractivity contribution in [3.8, 4) is 11.4 Å². The standard InChI is InChI=1S/C20H21N3O/c1-15-4-6-16(7-5-15)14-19-21-20(22-24-19)17-8-10-18(11-9-17)23-12-2-3-13-23/h4-11H,2-3,12-14H2,1H3. The maximum atomic E-state index is 5.41. The number of rotatable bonds is 4. The number of hydrogen-bond acceptors (Lipinski definition) is 4. The van der Waals surface area contributed by atoms with Gasteiger partial charge in [0, 0.05) is 24.3 Å². The van der Waals surface area contributed by atoms with Crippen LogP contribution in [0.15, 0.2) is 53.1 Å². The van der Waals surface area contributed by atoms with Crippen LogP contribution in [0.5, 0.6) is 0 Å². The third-order valence-corrected chi connectivity index (χ3v) is 4.54. The van der Waals surface area contributed by atoms with Crippen molar-refractivity contribution in [1.82, 2.24) is 10.1 Å². The monoisotopic (exact) mass is 319 g/mol. The summed E-state index contributed by atoms with van der Waals surface area (Å²) in [6, 6.07) is 16.9. The lowest BCUT2D eigenvalue weighted by Gasteiger charge is -2.17. The maximum Gasteiger partial charge on any atom is 0.231 e. The van der Waals surface area contributed by atoms with Gasteiger partial charge in [-0.15, -0.1) is 0 Å². The van der Waals surface area contributed by atoms with E-state index in [9.17, 15) is 0 Å². The summed E-state index contributed by atoms with van der Waals surface area (Å²) in [6.45, 7) is 4.39. The first-order valence-corrected chi connectivity index (χ1v) is 8.51. The molecule has 0 unspecified atom stereocenters. The van der Waals surface area contributed by atoms with Crippen molar-refractivity contribution in [2.24, 2.45) is 0 Å². The quantitative estimate of drug-likeness (QED) is 0.721. The highest BCUT2D eigenvalue weighted by Crippen LogP contribution is 2.24. The molecule has 0 radical (unpaired) electrons. The molecule has 0 spiro atoms. The summed E-state index contributed by atoms with van der Waals surface area (Å²) in [7, 11) is 0. The van der Waals surface area contributed by atoms with Gasteiger partial charge >= 0.3 is 0 Å². The van der Waals surface area contributed by atoms with Crippen LogP contribution in [-0.2, 0) is 6.42 Å². The van der Waals surface area contributed by atoms with Gasteiger partial charge in [0.2, 0.25) is 11.7 Å². The van der Waals surface area contributed by atoms with Crippen molar-refractivity contribution in [3.63, 3.8) is 0 Å². The predicted octanol–water partition coefficient (Wildman–Crippen LogP) is 4.24. The molecule has 1 aliphatic heterocycles. The molecule has 0 aliphatic carbocycles. The van der Waals surface area contributed by atoms with E-state index in [-0.39, 0.29) is 0 Å². The van der Waals surface area contributed by atoms with E-state index in [2.05, 4.69) is 70.5 Å². The summed E-state index contributed by atoms with van der Waals surface area (Å²) >= 11 is 0. The summed E-state index contributed by atoms with van der Waals surface area (Å²) in [5.74, 6) is 1.31. The molecule has 2 heterocycles. The van der Waals surface area contributed by atoms with Gasteiger partial charge < -0.3 is 9.42 Å². The van der Waals surface area contributed by atoms with Gasteiger partial charge in [-0.1, -0.05) is 35.0 Å². The number of aromatic nitrogens is 2. The van der Waals surface area contributed by atoms with Crippen LogP contribution in [0.3, 0.4) is 0 Å². The molecule has 1 aliphatic rings. The Morgan fingerprint density at radius 2 is 1.67 bits per heavy atom. The first-order valence-electron chi connectivity index (χ1n) is 8.51. The predicted molar refractivity (Wildman–Crippen MR) is 95.2 cm³/mol. The second-order valence-corrected chi connectivity index (χ2v) is 6.42. The molecule has 2 aromatic carbocycles. The minimum atomic E-state index is 0.650. The summed E-state index contributed by atoms with van der Waals surface area (Å²) in [5, 5.41) is 4.13.